The van der Waals surface area contributed by atoms with Gasteiger partial charge in [-0.1, -0.05) is 44.2 Å². The van der Waals surface area contributed by atoms with Crippen molar-refractivity contribution in [2.45, 2.75) is 33.4 Å². The highest BCUT2D eigenvalue weighted by atomic mass is 16.2. The summed E-state index contributed by atoms with van der Waals surface area (Å²) >= 11 is 0. The van der Waals surface area contributed by atoms with Crippen LogP contribution in [0.2, 0.25) is 0 Å². The SMILES string of the molecule is Cc1cccc(NC(=O)N2Cc3ccccc3-n3cccc3[C@H]2C(C)C)c1. The number of hydrogen-bond donors (Lipinski definition) is 1. The number of anilines is 1. The maximum absolute atomic E-state index is 13.3. The van der Waals surface area contributed by atoms with Crippen molar-refractivity contribution >= 4 is 11.7 Å². The number of hydrogen-bond acceptors (Lipinski definition) is 1. The Kier molecular flexibility index (Phi) is 4.48. The van der Waals surface area contributed by atoms with E-state index in [4.69, 9.17) is 0 Å². The molecule has 0 saturated heterocycles. The molecule has 1 aliphatic heterocycles. The first-order valence-electron chi connectivity index (χ1n) is 9.44. The number of nitrogens with one attached hydrogen (secondary N) is 1. The second kappa shape index (κ2) is 6.95. The Bertz CT molecular complexity index is 973. The Morgan fingerprint density at radius 2 is 1.89 bits per heavy atom. The minimum atomic E-state index is -0.0660. The molecule has 0 unspecified atom stereocenters. The molecule has 1 aromatic heterocycles. The second-order valence-electron chi connectivity index (χ2n) is 7.55. The first-order valence-corrected chi connectivity index (χ1v) is 9.44. The minimum Gasteiger partial charge on any atom is -0.318 e. The summed E-state index contributed by atoms with van der Waals surface area (Å²) < 4.78 is 2.22. The standard InChI is InChI=1S/C23H25N3O/c1-16(2)22-21-12-7-13-25(21)20-11-5-4-9-18(20)15-26(22)23(27)24-19-10-6-8-17(3)14-19/h4-14,16,22H,15H2,1-3H3,(H,24,27)/t22-/m1/s1. The Morgan fingerprint density at radius 3 is 2.67 bits per heavy atom. The predicted octanol–water partition coefficient (Wildman–Crippen LogP) is 5.53. The first-order chi connectivity index (χ1) is 13.0. The number of aryl methyl sites for hydroxylation is 1. The van der Waals surface area contributed by atoms with Crippen molar-refractivity contribution in [3.63, 3.8) is 0 Å². The number of aromatic nitrogens is 1. The molecule has 1 atom stereocenters. The number of urea groups is 1. The van der Waals surface area contributed by atoms with Crippen LogP contribution in [0.1, 0.15) is 36.7 Å². The molecule has 0 bridgehead atoms. The van der Waals surface area contributed by atoms with E-state index in [1.807, 2.05) is 42.2 Å². The second-order valence-corrected chi connectivity index (χ2v) is 7.55. The molecule has 0 radical (unpaired) electrons. The van der Waals surface area contributed by atoms with Crippen molar-refractivity contribution in [2.75, 3.05) is 5.32 Å². The van der Waals surface area contributed by atoms with Crippen molar-refractivity contribution in [3.8, 4) is 5.69 Å². The molecule has 4 rings (SSSR count). The lowest BCUT2D eigenvalue weighted by atomic mass is 9.99. The van der Waals surface area contributed by atoms with Crippen LogP contribution in [-0.2, 0) is 6.54 Å². The smallest absolute Gasteiger partial charge is 0.318 e. The number of benzene rings is 2. The van der Waals surface area contributed by atoms with Gasteiger partial charge in [-0.3, -0.25) is 0 Å². The van der Waals surface area contributed by atoms with E-state index in [1.54, 1.807) is 0 Å². The first kappa shape index (κ1) is 17.4. The van der Waals surface area contributed by atoms with Crippen LogP contribution in [0.3, 0.4) is 0 Å². The van der Waals surface area contributed by atoms with Crippen LogP contribution in [0.5, 0.6) is 0 Å². The van der Waals surface area contributed by atoms with Gasteiger partial charge in [0.15, 0.2) is 0 Å². The molecule has 27 heavy (non-hydrogen) atoms. The van der Waals surface area contributed by atoms with Gasteiger partial charge in [0, 0.05) is 17.6 Å². The zero-order valence-corrected chi connectivity index (χ0v) is 16.0. The molecule has 3 aromatic rings. The highest BCUT2D eigenvalue weighted by Gasteiger charge is 2.33. The lowest BCUT2D eigenvalue weighted by Gasteiger charge is -2.33. The van der Waals surface area contributed by atoms with E-state index in [0.29, 0.717) is 6.54 Å². The molecule has 138 valence electrons. The summed E-state index contributed by atoms with van der Waals surface area (Å²) in [7, 11) is 0. The van der Waals surface area contributed by atoms with Crippen LogP contribution in [-0.4, -0.2) is 15.5 Å². The van der Waals surface area contributed by atoms with Crippen molar-refractivity contribution in [1.29, 1.82) is 0 Å². The number of nitrogens with zero attached hydrogens (tertiary/aromatic N) is 2. The van der Waals surface area contributed by atoms with Gasteiger partial charge in [-0.05, 0) is 54.3 Å². The zero-order valence-electron chi connectivity index (χ0n) is 16.0. The van der Waals surface area contributed by atoms with Crippen LogP contribution in [0.4, 0.5) is 10.5 Å². The molecule has 0 aliphatic carbocycles. The van der Waals surface area contributed by atoms with Crippen LogP contribution >= 0.6 is 0 Å². The summed E-state index contributed by atoms with van der Waals surface area (Å²) in [6.45, 7) is 6.95. The quantitative estimate of drug-likeness (QED) is 0.642. The molecule has 2 heterocycles. The summed E-state index contributed by atoms with van der Waals surface area (Å²) in [5.74, 6) is 0.288. The molecule has 0 saturated carbocycles. The van der Waals surface area contributed by atoms with E-state index < -0.39 is 0 Å². The van der Waals surface area contributed by atoms with Crippen molar-refractivity contribution in [1.82, 2.24) is 9.47 Å². The molecule has 4 nitrogen and oxygen atoms in total. The van der Waals surface area contributed by atoms with Gasteiger partial charge in [-0.25, -0.2) is 4.79 Å². The van der Waals surface area contributed by atoms with Gasteiger partial charge in [-0.15, -0.1) is 0 Å². The third-order valence-corrected chi connectivity index (χ3v) is 5.17. The third kappa shape index (κ3) is 3.23. The van der Waals surface area contributed by atoms with Gasteiger partial charge >= 0.3 is 6.03 Å². The summed E-state index contributed by atoms with van der Waals surface area (Å²) in [6, 6.07) is 20.4. The predicted molar refractivity (Wildman–Crippen MR) is 109 cm³/mol. The molecule has 2 aromatic carbocycles. The summed E-state index contributed by atoms with van der Waals surface area (Å²) in [4.78, 5) is 15.3. The molecule has 1 aliphatic rings. The number of carbonyl (C=O) groups excluding carboxylic acids is 1. The van der Waals surface area contributed by atoms with E-state index in [1.165, 1.54) is 0 Å². The molecular formula is C23H25N3O. The van der Waals surface area contributed by atoms with Crippen LogP contribution in [0.15, 0.2) is 66.9 Å². The normalized spacial score (nSPS) is 15.9. The third-order valence-electron chi connectivity index (χ3n) is 5.17. The minimum absolute atomic E-state index is 0.00258. The van der Waals surface area contributed by atoms with Crippen LogP contribution in [0.25, 0.3) is 5.69 Å². The molecule has 0 spiro atoms. The maximum atomic E-state index is 13.3. The van der Waals surface area contributed by atoms with Crippen LogP contribution in [0, 0.1) is 12.8 Å². The van der Waals surface area contributed by atoms with Crippen molar-refractivity contribution in [3.05, 3.63) is 83.7 Å². The maximum Gasteiger partial charge on any atom is 0.322 e. The van der Waals surface area contributed by atoms with E-state index >= 15 is 0 Å². The van der Waals surface area contributed by atoms with E-state index in [-0.39, 0.29) is 18.0 Å². The molecule has 1 N–H and O–H groups in total. The number of para-hydroxylation sites is 1. The molecule has 0 fully saturated rings. The monoisotopic (exact) mass is 359 g/mol. The summed E-state index contributed by atoms with van der Waals surface area (Å²) in [5.41, 5.74) is 5.40. The molecule has 2 amide bonds. The highest BCUT2D eigenvalue weighted by Crippen LogP contribution is 2.36. The van der Waals surface area contributed by atoms with Crippen LogP contribution < -0.4 is 5.32 Å². The lowest BCUT2D eigenvalue weighted by Crippen LogP contribution is -2.39. The molecule has 4 heteroatoms. The van der Waals surface area contributed by atoms with Crippen molar-refractivity contribution in [2.24, 2.45) is 5.92 Å². The largest absolute Gasteiger partial charge is 0.322 e. The van der Waals surface area contributed by atoms with Crippen molar-refractivity contribution < 1.29 is 4.79 Å². The van der Waals surface area contributed by atoms with E-state index in [9.17, 15) is 4.79 Å². The van der Waals surface area contributed by atoms with E-state index in [0.717, 1.165) is 28.2 Å². The van der Waals surface area contributed by atoms with Gasteiger partial charge in [-0.2, -0.15) is 0 Å². The number of carbonyl (C=O) groups is 1. The fourth-order valence-electron chi connectivity index (χ4n) is 3.99. The molecular weight excluding hydrogens is 334 g/mol. The highest BCUT2D eigenvalue weighted by molar-refractivity contribution is 5.90. The average Bonchev–Trinajstić information content (AvgIpc) is 3.05. The van der Waals surface area contributed by atoms with Gasteiger partial charge in [0.05, 0.1) is 18.3 Å². The average molecular weight is 359 g/mol. The van der Waals surface area contributed by atoms with Gasteiger partial charge in [0.25, 0.3) is 0 Å². The Labute approximate surface area is 160 Å². The summed E-state index contributed by atoms with van der Waals surface area (Å²) in [5, 5.41) is 3.10. The van der Waals surface area contributed by atoms with Gasteiger partial charge in [0.2, 0.25) is 0 Å². The zero-order chi connectivity index (χ0) is 19.0. The number of fused-ring (bicyclic) bond motifs is 3. The Hall–Kier alpha value is -3.01. The Morgan fingerprint density at radius 1 is 1.07 bits per heavy atom. The summed E-state index contributed by atoms with van der Waals surface area (Å²) in [6.07, 6.45) is 2.09. The van der Waals surface area contributed by atoms with E-state index in [2.05, 4.69) is 60.3 Å². The number of amides is 2. The topological polar surface area (TPSA) is 37.3 Å². The van der Waals surface area contributed by atoms with Gasteiger partial charge in [0.1, 0.15) is 0 Å². The lowest BCUT2D eigenvalue weighted by molar-refractivity contribution is 0.162. The van der Waals surface area contributed by atoms with Gasteiger partial charge < -0.3 is 14.8 Å². The Balaban J connectivity index is 1.76. The number of rotatable bonds is 2. The fraction of sp³-hybridized carbons (Fsp3) is 0.261. The fourth-order valence-corrected chi connectivity index (χ4v) is 3.99.